The third-order valence-corrected chi connectivity index (χ3v) is 3.79. The summed E-state index contributed by atoms with van der Waals surface area (Å²) in [7, 11) is 0. The van der Waals surface area contributed by atoms with Crippen molar-refractivity contribution < 1.29 is 0 Å². The molecule has 1 heterocycles. The third kappa shape index (κ3) is 4.73. The summed E-state index contributed by atoms with van der Waals surface area (Å²) >= 11 is 12.1. The molecule has 0 amide bonds. The Morgan fingerprint density at radius 3 is 2.52 bits per heavy atom. The van der Waals surface area contributed by atoms with Crippen molar-refractivity contribution in [1.29, 1.82) is 0 Å². The predicted molar refractivity (Wildman–Crippen MR) is 89.1 cm³/mol. The average molecular weight is 326 g/mol. The number of benzene rings is 1. The highest BCUT2D eigenvalue weighted by Gasteiger charge is 2.12. The van der Waals surface area contributed by atoms with Crippen LogP contribution in [-0.2, 0) is 13.1 Å². The van der Waals surface area contributed by atoms with E-state index in [0.717, 1.165) is 17.8 Å². The number of nitrogens with zero attached hydrogens (tertiary/aromatic N) is 2. The van der Waals surface area contributed by atoms with E-state index in [1.165, 1.54) is 5.56 Å². The summed E-state index contributed by atoms with van der Waals surface area (Å²) in [6, 6.07) is 5.55. The first-order valence-electron chi connectivity index (χ1n) is 6.96. The molecule has 0 radical (unpaired) electrons. The first-order chi connectivity index (χ1) is 9.74. The summed E-state index contributed by atoms with van der Waals surface area (Å²) in [6.45, 7) is 9.94. The summed E-state index contributed by atoms with van der Waals surface area (Å²) in [4.78, 5) is 0. The lowest BCUT2D eigenvalue weighted by molar-refractivity contribution is 0.423. The minimum atomic E-state index is 0.0913. The zero-order valence-electron chi connectivity index (χ0n) is 12.9. The van der Waals surface area contributed by atoms with E-state index < -0.39 is 0 Å². The number of aryl methyl sites for hydroxylation is 1. The van der Waals surface area contributed by atoms with Gasteiger partial charge in [0, 0.05) is 33.9 Å². The van der Waals surface area contributed by atoms with Gasteiger partial charge in [-0.15, -0.1) is 0 Å². The molecule has 1 N–H and O–H groups in total. The van der Waals surface area contributed by atoms with E-state index in [-0.39, 0.29) is 5.54 Å². The van der Waals surface area contributed by atoms with Crippen LogP contribution in [0.2, 0.25) is 10.0 Å². The molecular formula is C16H21Cl2N3. The second kappa shape index (κ2) is 6.39. The van der Waals surface area contributed by atoms with E-state index in [2.05, 4.69) is 37.4 Å². The van der Waals surface area contributed by atoms with E-state index in [1.54, 1.807) is 6.07 Å². The second-order valence-electron chi connectivity index (χ2n) is 6.28. The number of hydrogen-bond acceptors (Lipinski definition) is 2. The molecule has 0 saturated carbocycles. The van der Waals surface area contributed by atoms with Crippen molar-refractivity contribution in [2.75, 3.05) is 0 Å². The van der Waals surface area contributed by atoms with Gasteiger partial charge in [0.1, 0.15) is 0 Å². The maximum atomic E-state index is 6.21. The monoisotopic (exact) mass is 325 g/mol. The van der Waals surface area contributed by atoms with Crippen molar-refractivity contribution in [3.63, 3.8) is 0 Å². The molecular weight excluding hydrogens is 305 g/mol. The summed E-state index contributed by atoms with van der Waals surface area (Å²) in [5.41, 5.74) is 3.35. The van der Waals surface area contributed by atoms with Gasteiger partial charge in [0.25, 0.3) is 0 Å². The minimum Gasteiger partial charge on any atom is -0.308 e. The quantitative estimate of drug-likeness (QED) is 0.900. The number of hydrogen-bond donors (Lipinski definition) is 1. The SMILES string of the molecule is Cc1nn(Cc2ccc(Cl)cc2Cl)cc1CNC(C)(C)C. The van der Waals surface area contributed by atoms with Crippen molar-refractivity contribution in [2.24, 2.45) is 0 Å². The highest BCUT2D eigenvalue weighted by molar-refractivity contribution is 6.35. The molecule has 0 bridgehead atoms. The molecule has 1 aromatic carbocycles. The van der Waals surface area contributed by atoms with Gasteiger partial charge < -0.3 is 5.32 Å². The fraction of sp³-hybridized carbons (Fsp3) is 0.438. The van der Waals surface area contributed by atoms with Gasteiger partial charge in [0.15, 0.2) is 0 Å². The van der Waals surface area contributed by atoms with Gasteiger partial charge in [-0.3, -0.25) is 4.68 Å². The van der Waals surface area contributed by atoms with Crippen LogP contribution in [0.5, 0.6) is 0 Å². The van der Waals surface area contributed by atoms with E-state index in [9.17, 15) is 0 Å². The molecule has 0 unspecified atom stereocenters. The van der Waals surface area contributed by atoms with Gasteiger partial charge in [0.2, 0.25) is 0 Å². The van der Waals surface area contributed by atoms with Crippen molar-refractivity contribution in [3.8, 4) is 0 Å². The van der Waals surface area contributed by atoms with Crippen LogP contribution in [-0.4, -0.2) is 15.3 Å². The van der Waals surface area contributed by atoms with E-state index in [0.29, 0.717) is 16.6 Å². The fourth-order valence-electron chi connectivity index (χ4n) is 2.00. The molecule has 0 aliphatic rings. The molecule has 0 aliphatic carbocycles. The number of rotatable bonds is 4. The van der Waals surface area contributed by atoms with Crippen molar-refractivity contribution in [3.05, 3.63) is 51.3 Å². The molecule has 2 aromatic rings. The van der Waals surface area contributed by atoms with E-state index in [4.69, 9.17) is 23.2 Å². The summed E-state index contributed by atoms with van der Waals surface area (Å²) in [5.74, 6) is 0. The first-order valence-corrected chi connectivity index (χ1v) is 7.72. The van der Waals surface area contributed by atoms with Crippen molar-refractivity contribution in [1.82, 2.24) is 15.1 Å². The summed E-state index contributed by atoms with van der Waals surface area (Å²) in [6.07, 6.45) is 2.07. The zero-order chi connectivity index (χ0) is 15.6. The van der Waals surface area contributed by atoms with Crippen LogP contribution in [0, 0.1) is 6.92 Å². The Hall–Kier alpha value is -1.03. The van der Waals surface area contributed by atoms with Crippen LogP contribution in [0.4, 0.5) is 0 Å². The highest BCUT2D eigenvalue weighted by Crippen LogP contribution is 2.22. The van der Waals surface area contributed by atoms with E-state index >= 15 is 0 Å². The average Bonchev–Trinajstić information content (AvgIpc) is 2.70. The molecule has 21 heavy (non-hydrogen) atoms. The Labute approximate surface area is 136 Å². The molecule has 1 aromatic heterocycles. The van der Waals surface area contributed by atoms with Gasteiger partial charge >= 0.3 is 0 Å². The molecule has 2 rings (SSSR count). The number of aromatic nitrogens is 2. The van der Waals surface area contributed by atoms with Crippen LogP contribution < -0.4 is 5.32 Å². The van der Waals surface area contributed by atoms with Crippen LogP contribution in [0.1, 0.15) is 37.6 Å². The summed E-state index contributed by atoms with van der Waals surface area (Å²) < 4.78 is 1.92. The number of halogens is 2. The zero-order valence-corrected chi connectivity index (χ0v) is 14.4. The Morgan fingerprint density at radius 1 is 1.19 bits per heavy atom. The van der Waals surface area contributed by atoms with Gasteiger partial charge in [-0.25, -0.2) is 0 Å². The molecule has 0 saturated heterocycles. The standard InChI is InChI=1S/C16H21Cl2N3/c1-11-13(8-19-16(2,3)4)10-21(20-11)9-12-5-6-14(17)7-15(12)18/h5-7,10,19H,8-9H2,1-4H3. The van der Waals surface area contributed by atoms with Crippen molar-refractivity contribution >= 4 is 23.2 Å². The molecule has 5 heteroatoms. The van der Waals surface area contributed by atoms with Gasteiger partial charge in [0.05, 0.1) is 12.2 Å². The molecule has 0 spiro atoms. The minimum absolute atomic E-state index is 0.0913. The maximum absolute atomic E-state index is 6.21. The van der Waals surface area contributed by atoms with Crippen LogP contribution in [0.3, 0.4) is 0 Å². The normalized spacial score (nSPS) is 11.9. The first kappa shape index (κ1) is 16.3. The smallest absolute Gasteiger partial charge is 0.0674 e. The van der Waals surface area contributed by atoms with Gasteiger partial charge in [-0.05, 0) is 45.4 Å². The lowest BCUT2D eigenvalue weighted by atomic mass is 10.1. The third-order valence-electron chi connectivity index (χ3n) is 3.20. The topological polar surface area (TPSA) is 29.9 Å². The fourth-order valence-corrected chi connectivity index (χ4v) is 2.47. The molecule has 3 nitrogen and oxygen atoms in total. The van der Waals surface area contributed by atoms with Crippen molar-refractivity contribution in [2.45, 2.75) is 46.3 Å². The molecule has 0 atom stereocenters. The van der Waals surface area contributed by atoms with Gasteiger partial charge in [-0.2, -0.15) is 5.10 Å². The second-order valence-corrected chi connectivity index (χ2v) is 7.12. The van der Waals surface area contributed by atoms with Crippen LogP contribution in [0.25, 0.3) is 0 Å². The summed E-state index contributed by atoms with van der Waals surface area (Å²) in [5, 5.41) is 9.35. The predicted octanol–water partition coefficient (Wildman–Crippen LogP) is 4.43. The largest absolute Gasteiger partial charge is 0.308 e. The van der Waals surface area contributed by atoms with Crippen LogP contribution in [0.15, 0.2) is 24.4 Å². The lowest BCUT2D eigenvalue weighted by Gasteiger charge is -2.20. The Morgan fingerprint density at radius 2 is 1.90 bits per heavy atom. The Balaban J connectivity index is 2.11. The molecule has 0 fully saturated rings. The molecule has 0 aliphatic heterocycles. The van der Waals surface area contributed by atoms with Crippen LogP contribution >= 0.6 is 23.2 Å². The van der Waals surface area contributed by atoms with E-state index in [1.807, 2.05) is 23.7 Å². The molecule has 114 valence electrons. The lowest BCUT2D eigenvalue weighted by Crippen LogP contribution is -2.35. The van der Waals surface area contributed by atoms with Gasteiger partial charge in [-0.1, -0.05) is 29.3 Å². The maximum Gasteiger partial charge on any atom is 0.0674 e. The Kier molecular flexibility index (Phi) is 4.97. The number of nitrogens with one attached hydrogen (secondary N) is 1. The Bertz CT molecular complexity index is 627. The highest BCUT2D eigenvalue weighted by atomic mass is 35.5.